The molecule has 1 fully saturated rings. The molecule has 1 aliphatic rings. The summed E-state index contributed by atoms with van der Waals surface area (Å²) in [6.45, 7) is 2.04. The van der Waals surface area contributed by atoms with Gasteiger partial charge in [-0.3, -0.25) is 9.69 Å². The Kier molecular flexibility index (Phi) is 4.73. The normalized spacial score (nSPS) is 16.6. The first-order valence-electron chi connectivity index (χ1n) is 8.74. The number of hydrogen-bond donors (Lipinski definition) is 1. The molecule has 0 radical (unpaired) electrons. The number of nitrogens with zero attached hydrogens (tertiary/aromatic N) is 4. The van der Waals surface area contributed by atoms with Crippen LogP contribution >= 0.6 is 11.6 Å². The van der Waals surface area contributed by atoms with Gasteiger partial charge in [0.15, 0.2) is 0 Å². The molecule has 0 bridgehead atoms. The Morgan fingerprint density at radius 3 is 2.78 bits per heavy atom. The molecule has 4 rings (SSSR count). The van der Waals surface area contributed by atoms with Crippen LogP contribution < -0.4 is 10.2 Å². The average Bonchev–Trinajstić information content (AvgIpc) is 3.00. The number of halogens is 1. The number of amides is 1. The molecule has 3 aromatic rings. The third-order valence-corrected chi connectivity index (χ3v) is 4.74. The summed E-state index contributed by atoms with van der Waals surface area (Å²) in [5.41, 5.74) is 2.44. The third-order valence-electron chi connectivity index (χ3n) is 4.51. The van der Waals surface area contributed by atoms with Gasteiger partial charge in [-0.2, -0.15) is 0 Å². The predicted molar refractivity (Wildman–Crippen MR) is 106 cm³/mol. The Balaban J connectivity index is 1.62. The summed E-state index contributed by atoms with van der Waals surface area (Å²) < 4.78 is 0. The number of carbonyl (C=O) groups excluding carboxylic acids is 1. The van der Waals surface area contributed by atoms with Crippen LogP contribution in [-0.4, -0.2) is 26.9 Å². The summed E-state index contributed by atoms with van der Waals surface area (Å²) in [4.78, 5) is 27.1. The van der Waals surface area contributed by atoms with Crippen molar-refractivity contribution in [1.82, 2.24) is 15.0 Å². The number of benzene rings is 1. The van der Waals surface area contributed by atoms with Crippen LogP contribution in [0.3, 0.4) is 0 Å². The van der Waals surface area contributed by atoms with Crippen molar-refractivity contribution in [2.75, 3.05) is 10.2 Å². The van der Waals surface area contributed by atoms with E-state index in [-0.39, 0.29) is 11.9 Å². The van der Waals surface area contributed by atoms with Gasteiger partial charge in [-0.15, -0.1) is 0 Å². The highest BCUT2D eigenvalue weighted by Crippen LogP contribution is 2.28. The van der Waals surface area contributed by atoms with E-state index in [9.17, 15) is 4.79 Å². The molecule has 6 nitrogen and oxygen atoms in total. The van der Waals surface area contributed by atoms with E-state index in [4.69, 9.17) is 11.6 Å². The Morgan fingerprint density at radius 1 is 1.15 bits per heavy atom. The zero-order chi connectivity index (χ0) is 18.8. The van der Waals surface area contributed by atoms with Crippen molar-refractivity contribution in [3.8, 4) is 11.3 Å². The Bertz CT molecular complexity index is 993. The summed E-state index contributed by atoms with van der Waals surface area (Å²) in [6.07, 6.45) is 4.81. The molecule has 0 aliphatic carbocycles. The van der Waals surface area contributed by atoms with Crippen LogP contribution in [-0.2, 0) is 4.79 Å². The number of aromatic nitrogens is 3. The zero-order valence-electron chi connectivity index (χ0n) is 14.8. The molecule has 1 aliphatic heterocycles. The Morgan fingerprint density at radius 2 is 2.00 bits per heavy atom. The lowest BCUT2D eigenvalue weighted by atomic mass is 10.2. The van der Waals surface area contributed by atoms with Crippen LogP contribution in [0.5, 0.6) is 0 Å². The number of anilines is 3. The van der Waals surface area contributed by atoms with Crippen LogP contribution in [0.25, 0.3) is 11.3 Å². The number of nitrogens with one attached hydrogen (secondary N) is 1. The van der Waals surface area contributed by atoms with Crippen LogP contribution in [0.2, 0.25) is 5.02 Å². The second-order valence-corrected chi connectivity index (χ2v) is 6.89. The standard InChI is InChI=1S/C20H18ClN5O/c1-13-5-6-19(27)26(13)18-11-14(7-9-22-18)17-8-10-23-20(25-17)24-16-4-2-3-15(21)12-16/h2-4,7-13H,5-6H2,1H3,(H,23,24,25). The molecule has 1 saturated heterocycles. The van der Waals surface area contributed by atoms with Gasteiger partial charge in [0.2, 0.25) is 11.9 Å². The first kappa shape index (κ1) is 17.4. The molecule has 0 saturated carbocycles. The zero-order valence-corrected chi connectivity index (χ0v) is 15.5. The second kappa shape index (κ2) is 7.32. The van der Waals surface area contributed by atoms with E-state index in [2.05, 4.69) is 20.3 Å². The number of carbonyl (C=O) groups is 1. The van der Waals surface area contributed by atoms with Gasteiger partial charge in [0.25, 0.3) is 0 Å². The molecule has 27 heavy (non-hydrogen) atoms. The average molecular weight is 380 g/mol. The van der Waals surface area contributed by atoms with E-state index in [1.165, 1.54) is 0 Å². The highest BCUT2D eigenvalue weighted by molar-refractivity contribution is 6.30. The number of hydrogen-bond acceptors (Lipinski definition) is 5. The molecular formula is C20H18ClN5O. The van der Waals surface area contributed by atoms with E-state index in [1.807, 2.05) is 49.4 Å². The Labute approximate surface area is 162 Å². The van der Waals surface area contributed by atoms with E-state index in [0.29, 0.717) is 23.2 Å². The quantitative estimate of drug-likeness (QED) is 0.725. The van der Waals surface area contributed by atoms with Crippen molar-refractivity contribution in [2.45, 2.75) is 25.8 Å². The molecule has 1 atom stereocenters. The van der Waals surface area contributed by atoms with Crippen molar-refractivity contribution in [1.29, 1.82) is 0 Å². The van der Waals surface area contributed by atoms with Gasteiger partial charge in [0, 0.05) is 41.1 Å². The summed E-state index contributed by atoms with van der Waals surface area (Å²) in [7, 11) is 0. The lowest BCUT2D eigenvalue weighted by Crippen LogP contribution is -2.31. The molecule has 3 heterocycles. The van der Waals surface area contributed by atoms with Crippen molar-refractivity contribution in [3.63, 3.8) is 0 Å². The summed E-state index contributed by atoms with van der Waals surface area (Å²) in [6, 6.07) is 13.1. The van der Waals surface area contributed by atoms with Crippen molar-refractivity contribution < 1.29 is 4.79 Å². The van der Waals surface area contributed by atoms with Gasteiger partial charge < -0.3 is 5.32 Å². The Hall–Kier alpha value is -2.99. The minimum absolute atomic E-state index is 0.109. The minimum Gasteiger partial charge on any atom is -0.324 e. The fourth-order valence-corrected chi connectivity index (χ4v) is 3.36. The fourth-order valence-electron chi connectivity index (χ4n) is 3.17. The molecule has 1 aromatic carbocycles. The smallest absolute Gasteiger partial charge is 0.228 e. The van der Waals surface area contributed by atoms with E-state index < -0.39 is 0 Å². The summed E-state index contributed by atoms with van der Waals surface area (Å²) in [5, 5.41) is 3.79. The van der Waals surface area contributed by atoms with Gasteiger partial charge in [-0.05, 0) is 49.7 Å². The molecule has 1 unspecified atom stereocenters. The largest absolute Gasteiger partial charge is 0.324 e. The van der Waals surface area contributed by atoms with Gasteiger partial charge in [0.1, 0.15) is 5.82 Å². The highest BCUT2D eigenvalue weighted by Gasteiger charge is 2.29. The van der Waals surface area contributed by atoms with Gasteiger partial charge in [-0.1, -0.05) is 17.7 Å². The van der Waals surface area contributed by atoms with E-state index in [0.717, 1.165) is 23.4 Å². The van der Waals surface area contributed by atoms with Crippen molar-refractivity contribution >= 4 is 35.0 Å². The third kappa shape index (κ3) is 3.75. The lowest BCUT2D eigenvalue weighted by Gasteiger charge is -2.20. The van der Waals surface area contributed by atoms with Crippen LogP contribution in [0.1, 0.15) is 19.8 Å². The molecule has 0 spiro atoms. The lowest BCUT2D eigenvalue weighted by molar-refractivity contribution is -0.117. The van der Waals surface area contributed by atoms with Gasteiger partial charge in [-0.25, -0.2) is 15.0 Å². The maximum atomic E-state index is 12.2. The maximum Gasteiger partial charge on any atom is 0.228 e. The predicted octanol–water partition coefficient (Wildman–Crippen LogP) is 4.45. The maximum absolute atomic E-state index is 12.2. The van der Waals surface area contributed by atoms with Gasteiger partial charge >= 0.3 is 0 Å². The summed E-state index contributed by atoms with van der Waals surface area (Å²) in [5.74, 6) is 1.24. The van der Waals surface area contributed by atoms with E-state index >= 15 is 0 Å². The molecular weight excluding hydrogens is 362 g/mol. The first-order chi connectivity index (χ1) is 13.1. The topological polar surface area (TPSA) is 71.0 Å². The first-order valence-corrected chi connectivity index (χ1v) is 9.12. The number of rotatable bonds is 4. The van der Waals surface area contributed by atoms with E-state index in [1.54, 1.807) is 17.3 Å². The van der Waals surface area contributed by atoms with Crippen LogP contribution in [0.15, 0.2) is 54.9 Å². The molecule has 1 N–H and O–H groups in total. The van der Waals surface area contributed by atoms with Crippen LogP contribution in [0, 0.1) is 0 Å². The monoisotopic (exact) mass is 379 g/mol. The molecule has 136 valence electrons. The fraction of sp³-hybridized carbons (Fsp3) is 0.200. The number of pyridine rings is 1. The SMILES string of the molecule is CC1CCC(=O)N1c1cc(-c2ccnc(Nc3cccc(Cl)c3)n2)ccn1. The minimum atomic E-state index is 0.109. The molecule has 7 heteroatoms. The second-order valence-electron chi connectivity index (χ2n) is 6.45. The molecule has 2 aromatic heterocycles. The van der Waals surface area contributed by atoms with Crippen molar-refractivity contribution in [3.05, 3.63) is 59.9 Å². The van der Waals surface area contributed by atoms with Gasteiger partial charge in [0.05, 0.1) is 5.69 Å². The van der Waals surface area contributed by atoms with Crippen molar-refractivity contribution in [2.24, 2.45) is 0 Å². The highest BCUT2D eigenvalue weighted by atomic mass is 35.5. The summed E-state index contributed by atoms with van der Waals surface area (Å²) >= 11 is 6.02. The van der Waals surface area contributed by atoms with Crippen LogP contribution in [0.4, 0.5) is 17.5 Å². The molecule has 1 amide bonds.